The molecule has 0 radical (unpaired) electrons. The molecule has 3 heterocycles. The van der Waals surface area contributed by atoms with Gasteiger partial charge in [-0.2, -0.15) is 0 Å². The predicted octanol–water partition coefficient (Wildman–Crippen LogP) is 6.24. The molecule has 2 atom stereocenters. The molecule has 0 saturated carbocycles. The molecule has 6 heteroatoms. The molecule has 1 amide bonds. The monoisotopic (exact) mass is 492 g/mol. The Balaban J connectivity index is 1.55. The number of ether oxygens (including phenoxy) is 2. The maximum absolute atomic E-state index is 12.8. The average Bonchev–Trinajstić information content (AvgIpc) is 3.09. The molecule has 0 spiro atoms. The topological polar surface area (TPSA) is 62.2 Å². The number of hydrogen-bond acceptors (Lipinski definition) is 4. The number of piperidine rings is 3. The first kappa shape index (κ1) is 24.9. The van der Waals surface area contributed by atoms with Crippen molar-refractivity contribution in [2.75, 3.05) is 26.2 Å². The molecule has 6 nitrogen and oxygen atoms in total. The minimum Gasteiger partial charge on any atom is -0.493 e. The Hall–Kier alpha value is -2.73. The van der Waals surface area contributed by atoms with Crippen LogP contribution in [-0.4, -0.2) is 59.4 Å². The number of nitrogens with zero attached hydrogens (tertiary/aromatic N) is 2. The summed E-state index contributed by atoms with van der Waals surface area (Å²) in [6.07, 6.45) is 2.35. The third-order valence-corrected chi connectivity index (χ3v) is 8.24. The highest BCUT2D eigenvalue weighted by atomic mass is 16.5. The zero-order valence-electron chi connectivity index (χ0n) is 22.3. The van der Waals surface area contributed by atoms with Crippen LogP contribution in [0.1, 0.15) is 64.6 Å². The summed E-state index contributed by atoms with van der Waals surface area (Å²) >= 11 is 0. The van der Waals surface area contributed by atoms with Crippen molar-refractivity contribution in [3.63, 3.8) is 0 Å². The lowest BCUT2D eigenvalue weighted by Crippen LogP contribution is -2.60. The number of hydrogen-bond donors (Lipinski definition) is 1. The Morgan fingerprint density at radius 3 is 2.42 bits per heavy atom. The first-order chi connectivity index (χ1) is 17.2. The second kappa shape index (κ2) is 9.62. The molecule has 3 fully saturated rings. The van der Waals surface area contributed by atoms with Gasteiger partial charge in [0, 0.05) is 12.1 Å². The Morgan fingerprint density at radius 2 is 1.86 bits per heavy atom. The van der Waals surface area contributed by atoms with Crippen molar-refractivity contribution < 1.29 is 19.4 Å². The van der Waals surface area contributed by atoms with E-state index in [1.165, 1.54) is 5.56 Å². The summed E-state index contributed by atoms with van der Waals surface area (Å²) in [4.78, 5) is 17.1. The van der Waals surface area contributed by atoms with E-state index >= 15 is 0 Å². The van der Waals surface area contributed by atoms with Gasteiger partial charge in [0.05, 0.1) is 24.8 Å². The minimum absolute atomic E-state index is 0.0453. The van der Waals surface area contributed by atoms with E-state index in [0.29, 0.717) is 12.5 Å². The molecule has 3 saturated heterocycles. The summed E-state index contributed by atoms with van der Waals surface area (Å²) in [5.74, 6) is 2.11. The largest absolute Gasteiger partial charge is 0.493 e. The van der Waals surface area contributed by atoms with Crippen LogP contribution >= 0.6 is 0 Å². The van der Waals surface area contributed by atoms with E-state index in [4.69, 9.17) is 9.47 Å². The molecule has 36 heavy (non-hydrogen) atoms. The fourth-order valence-electron chi connectivity index (χ4n) is 6.76. The van der Waals surface area contributed by atoms with E-state index in [1.54, 1.807) is 0 Å². The number of rotatable bonds is 7. The van der Waals surface area contributed by atoms with E-state index in [2.05, 4.69) is 43.0 Å². The van der Waals surface area contributed by atoms with Gasteiger partial charge in [0.2, 0.25) is 0 Å². The molecular weight excluding hydrogens is 452 g/mol. The van der Waals surface area contributed by atoms with Crippen LogP contribution in [0.5, 0.6) is 11.5 Å². The highest BCUT2D eigenvalue weighted by molar-refractivity contribution is 5.74. The molecule has 6 rings (SSSR count). The Kier molecular flexibility index (Phi) is 6.67. The van der Waals surface area contributed by atoms with Crippen molar-refractivity contribution in [2.45, 2.75) is 72.1 Å². The quantitative estimate of drug-likeness (QED) is 0.496. The maximum atomic E-state index is 12.8. The highest BCUT2D eigenvalue weighted by Gasteiger charge is 2.50. The van der Waals surface area contributed by atoms with E-state index < -0.39 is 6.09 Å². The zero-order chi connectivity index (χ0) is 25.6. The molecule has 1 aliphatic carbocycles. The third-order valence-electron chi connectivity index (χ3n) is 8.24. The standard InChI is InChI=1S/C30H40N2O4/c1-6-35-27-16-25-22(15-24(27)20-7-9-23(10-8-20)36-19(2)3)17-30(4,5)28(25)32(29(33)34)26-18-31-13-11-21(26)12-14-31/h7-10,15-16,19,21,26,28H,6,11-14,17-18H2,1-5H3,(H,33,34)/t26-,28+/m1/s1. The van der Waals surface area contributed by atoms with Gasteiger partial charge >= 0.3 is 6.09 Å². The summed E-state index contributed by atoms with van der Waals surface area (Å²) in [7, 11) is 0. The fourth-order valence-corrected chi connectivity index (χ4v) is 6.76. The SMILES string of the molecule is CCOc1cc2c(cc1-c1ccc(OC(C)C)cc1)CC(C)(C)[C@H]2N(C(=O)O)[C@@H]1CN2CCC1CC2. The van der Waals surface area contributed by atoms with Crippen molar-refractivity contribution in [1.82, 2.24) is 9.80 Å². The molecule has 0 unspecified atom stereocenters. The zero-order valence-corrected chi connectivity index (χ0v) is 22.3. The van der Waals surface area contributed by atoms with E-state index in [9.17, 15) is 9.90 Å². The number of fused-ring (bicyclic) bond motifs is 4. The van der Waals surface area contributed by atoms with Gasteiger partial charge in [-0.1, -0.05) is 26.0 Å². The van der Waals surface area contributed by atoms with Crippen LogP contribution in [0.3, 0.4) is 0 Å². The molecular formula is C30H40N2O4. The Labute approximate surface area is 215 Å². The van der Waals surface area contributed by atoms with Crippen LogP contribution in [-0.2, 0) is 6.42 Å². The fraction of sp³-hybridized carbons (Fsp3) is 0.567. The van der Waals surface area contributed by atoms with Crippen LogP contribution in [0.4, 0.5) is 4.79 Å². The van der Waals surface area contributed by atoms with Gasteiger partial charge in [-0.3, -0.25) is 4.90 Å². The van der Waals surface area contributed by atoms with Crippen molar-refractivity contribution in [1.29, 1.82) is 0 Å². The Morgan fingerprint density at radius 1 is 1.17 bits per heavy atom. The Bertz CT molecular complexity index is 1100. The number of carbonyl (C=O) groups is 1. The molecule has 1 N–H and O–H groups in total. The summed E-state index contributed by atoms with van der Waals surface area (Å²) in [6.45, 7) is 14.1. The lowest BCUT2D eigenvalue weighted by Gasteiger charge is -2.51. The van der Waals surface area contributed by atoms with Gasteiger partial charge < -0.3 is 19.5 Å². The molecule has 0 aromatic heterocycles. The van der Waals surface area contributed by atoms with Crippen molar-refractivity contribution in [3.8, 4) is 22.6 Å². The third kappa shape index (κ3) is 4.56. The second-order valence-electron chi connectivity index (χ2n) is 11.6. The first-order valence-corrected chi connectivity index (χ1v) is 13.5. The smallest absolute Gasteiger partial charge is 0.408 e. The summed E-state index contributed by atoms with van der Waals surface area (Å²) in [6, 6.07) is 12.4. The van der Waals surface area contributed by atoms with Gasteiger partial charge in [0.1, 0.15) is 11.5 Å². The summed E-state index contributed by atoms with van der Waals surface area (Å²) in [5.41, 5.74) is 4.24. The first-order valence-electron chi connectivity index (χ1n) is 13.5. The van der Waals surface area contributed by atoms with Crippen LogP contribution in [0, 0.1) is 11.3 Å². The molecule has 2 bridgehead atoms. The molecule has 4 aliphatic rings. The van der Waals surface area contributed by atoms with Gasteiger partial charge in [-0.05, 0) is 105 Å². The van der Waals surface area contributed by atoms with Crippen molar-refractivity contribution >= 4 is 6.09 Å². The summed E-state index contributed by atoms with van der Waals surface area (Å²) < 4.78 is 12.0. The molecule has 2 aromatic rings. The minimum atomic E-state index is -0.803. The average molecular weight is 493 g/mol. The number of benzene rings is 2. The van der Waals surface area contributed by atoms with Gasteiger partial charge in [-0.25, -0.2) is 4.79 Å². The van der Waals surface area contributed by atoms with Crippen LogP contribution in [0.25, 0.3) is 11.1 Å². The van der Waals surface area contributed by atoms with Crippen LogP contribution in [0.15, 0.2) is 36.4 Å². The highest BCUT2D eigenvalue weighted by Crippen LogP contribution is 2.53. The molecule has 3 aliphatic heterocycles. The van der Waals surface area contributed by atoms with Gasteiger partial charge in [0.15, 0.2) is 0 Å². The summed E-state index contributed by atoms with van der Waals surface area (Å²) in [5, 5.41) is 10.5. The van der Waals surface area contributed by atoms with Gasteiger partial charge in [-0.15, -0.1) is 0 Å². The van der Waals surface area contributed by atoms with Crippen molar-refractivity contribution in [3.05, 3.63) is 47.5 Å². The number of carboxylic acid groups (broad SMARTS) is 1. The lowest BCUT2D eigenvalue weighted by molar-refractivity contribution is -0.0267. The maximum Gasteiger partial charge on any atom is 0.408 e. The van der Waals surface area contributed by atoms with Crippen LogP contribution < -0.4 is 9.47 Å². The van der Waals surface area contributed by atoms with E-state index in [-0.39, 0.29) is 23.6 Å². The second-order valence-corrected chi connectivity index (χ2v) is 11.6. The number of amides is 1. The van der Waals surface area contributed by atoms with E-state index in [0.717, 1.165) is 67.1 Å². The normalized spacial score (nSPS) is 26.1. The van der Waals surface area contributed by atoms with Crippen LogP contribution in [0.2, 0.25) is 0 Å². The van der Waals surface area contributed by atoms with Gasteiger partial charge in [0.25, 0.3) is 0 Å². The molecule has 194 valence electrons. The predicted molar refractivity (Wildman–Crippen MR) is 142 cm³/mol. The van der Waals surface area contributed by atoms with E-state index in [1.807, 2.05) is 37.8 Å². The lowest BCUT2D eigenvalue weighted by atomic mass is 9.79. The molecule has 2 aromatic carbocycles. The van der Waals surface area contributed by atoms with Crippen molar-refractivity contribution in [2.24, 2.45) is 11.3 Å².